The summed E-state index contributed by atoms with van der Waals surface area (Å²) in [6, 6.07) is 19.1. The van der Waals surface area contributed by atoms with E-state index in [1.54, 1.807) is 11.8 Å². The Balaban J connectivity index is 1.76. The van der Waals surface area contributed by atoms with Crippen molar-refractivity contribution in [2.45, 2.75) is 46.2 Å². The maximum Gasteiger partial charge on any atom is 0.261 e. The number of hydrogen-bond donors (Lipinski definition) is 1. The minimum absolute atomic E-state index is 0.156. The molecule has 0 spiro atoms. The Hall–Kier alpha value is -2.86. The van der Waals surface area contributed by atoms with Gasteiger partial charge in [0.15, 0.2) is 6.61 Å². The lowest BCUT2D eigenvalue weighted by Crippen LogP contribution is -2.49. The second-order valence-electron chi connectivity index (χ2n) is 8.22. The topological polar surface area (TPSA) is 58.6 Å². The average molecular weight is 511 g/mol. The Morgan fingerprint density at radius 2 is 1.88 bits per heavy atom. The fraction of sp³-hybridized carbons (Fsp3) is 0.333. The van der Waals surface area contributed by atoms with Gasteiger partial charge in [-0.1, -0.05) is 73.5 Å². The number of benzene rings is 3. The van der Waals surface area contributed by atoms with Gasteiger partial charge in [-0.15, -0.1) is 0 Å². The Labute approximate surface area is 204 Å². The molecule has 0 aliphatic rings. The van der Waals surface area contributed by atoms with Crippen LogP contribution in [0.4, 0.5) is 0 Å². The largest absolute Gasteiger partial charge is 0.483 e. The third kappa shape index (κ3) is 6.57. The maximum absolute atomic E-state index is 13.3. The molecule has 0 fully saturated rings. The number of fused-ring (bicyclic) bond motifs is 1. The van der Waals surface area contributed by atoms with Crippen LogP contribution >= 0.6 is 15.9 Å². The van der Waals surface area contributed by atoms with E-state index in [2.05, 4.69) is 28.2 Å². The maximum atomic E-state index is 13.3. The molecule has 0 unspecified atom stereocenters. The summed E-state index contributed by atoms with van der Waals surface area (Å²) in [6.45, 7) is 6.64. The molecule has 3 aromatic carbocycles. The van der Waals surface area contributed by atoms with Gasteiger partial charge in [-0.3, -0.25) is 9.59 Å². The van der Waals surface area contributed by atoms with Crippen LogP contribution in [0.25, 0.3) is 10.8 Å². The highest BCUT2D eigenvalue weighted by atomic mass is 79.9. The quantitative estimate of drug-likeness (QED) is 0.360. The second-order valence-corrected chi connectivity index (χ2v) is 9.01. The lowest BCUT2D eigenvalue weighted by Gasteiger charge is -2.29. The molecule has 3 aromatic rings. The van der Waals surface area contributed by atoms with E-state index in [4.69, 9.17) is 4.74 Å². The van der Waals surface area contributed by atoms with Gasteiger partial charge in [0.1, 0.15) is 11.8 Å². The molecule has 0 aliphatic carbocycles. The third-order valence-corrected chi connectivity index (χ3v) is 6.43. The van der Waals surface area contributed by atoms with E-state index in [1.807, 2.05) is 67.6 Å². The van der Waals surface area contributed by atoms with Crippen molar-refractivity contribution in [1.29, 1.82) is 0 Å². The van der Waals surface area contributed by atoms with E-state index in [9.17, 15) is 9.59 Å². The molecule has 3 rings (SSSR count). The number of amides is 2. The second kappa shape index (κ2) is 11.8. The number of carbonyl (C=O) groups is 2. The monoisotopic (exact) mass is 510 g/mol. The summed E-state index contributed by atoms with van der Waals surface area (Å²) in [7, 11) is 0. The Morgan fingerprint density at radius 3 is 2.64 bits per heavy atom. The summed E-state index contributed by atoms with van der Waals surface area (Å²) in [5, 5.41) is 5.04. The summed E-state index contributed by atoms with van der Waals surface area (Å²) >= 11 is 3.60. The molecule has 1 N–H and O–H groups in total. The average Bonchev–Trinajstić information content (AvgIpc) is 2.82. The predicted molar refractivity (Wildman–Crippen MR) is 136 cm³/mol. The van der Waals surface area contributed by atoms with Crippen molar-refractivity contribution in [3.05, 3.63) is 76.3 Å². The first kappa shape index (κ1) is 24.8. The number of aryl methyl sites for hydroxylation is 1. The van der Waals surface area contributed by atoms with Gasteiger partial charge in [0.25, 0.3) is 5.91 Å². The minimum atomic E-state index is -0.612. The molecule has 6 heteroatoms. The van der Waals surface area contributed by atoms with Gasteiger partial charge in [-0.05, 0) is 58.6 Å². The number of ether oxygens (including phenoxy) is 1. The van der Waals surface area contributed by atoms with Crippen LogP contribution in [0.2, 0.25) is 0 Å². The van der Waals surface area contributed by atoms with E-state index in [1.165, 1.54) is 0 Å². The summed E-state index contributed by atoms with van der Waals surface area (Å²) < 4.78 is 6.72. The summed E-state index contributed by atoms with van der Waals surface area (Å²) in [4.78, 5) is 27.6. The van der Waals surface area contributed by atoms with Crippen molar-refractivity contribution in [3.8, 4) is 5.75 Å². The van der Waals surface area contributed by atoms with Crippen LogP contribution in [-0.2, 0) is 16.1 Å². The zero-order valence-corrected chi connectivity index (χ0v) is 21.0. The molecule has 0 aromatic heterocycles. The van der Waals surface area contributed by atoms with Crippen molar-refractivity contribution in [1.82, 2.24) is 10.2 Å². The highest BCUT2D eigenvalue weighted by Crippen LogP contribution is 2.33. The van der Waals surface area contributed by atoms with Crippen LogP contribution in [-0.4, -0.2) is 35.9 Å². The number of nitrogens with zero attached hydrogens (tertiary/aromatic N) is 1. The summed E-state index contributed by atoms with van der Waals surface area (Å²) in [5.41, 5.74) is 2.08. The molecule has 0 bridgehead atoms. The fourth-order valence-corrected chi connectivity index (χ4v) is 4.28. The van der Waals surface area contributed by atoms with Crippen LogP contribution in [0.3, 0.4) is 0 Å². The van der Waals surface area contributed by atoms with Crippen LogP contribution < -0.4 is 10.1 Å². The molecule has 0 heterocycles. The lowest BCUT2D eigenvalue weighted by molar-refractivity contribution is -0.142. The molecule has 1 atom stereocenters. The molecule has 5 nitrogen and oxygen atoms in total. The first-order valence-electron chi connectivity index (χ1n) is 11.3. The highest BCUT2D eigenvalue weighted by Gasteiger charge is 2.26. The van der Waals surface area contributed by atoms with Gasteiger partial charge in [0.2, 0.25) is 5.91 Å². The first-order valence-corrected chi connectivity index (χ1v) is 12.1. The van der Waals surface area contributed by atoms with E-state index < -0.39 is 6.04 Å². The van der Waals surface area contributed by atoms with Crippen molar-refractivity contribution in [2.75, 3.05) is 13.2 Å². The van der Waals surface area contributed by atoms with Crippen molar-refractivity contribution in [3.63, 3.8) is 0 Å². The van der Waals surface area contributed by atoms with Gasteiger partial charge < -0.3 is 15.0 Å². The molecule has 0 saturated heterocycles. The fourth-order valence-electron chi connectivity index (χ4n) is 3.67. The van der Waals surface area contributed by atoms with E-state index >= 15 is 0 Å². The normalized spacial score (nSPS) is 11.8. The number of hydrogen-bond acceptors (Lipinski definition) is 3. The van der Waals surface area contributed by atoms with Crippen LogP contribution in [0, 0.1) is 6.92 Å². The van der Waals surface area contributed by atoms with E-state index in [-0.39, 0.29) is 18.4 Å². The number of rotatable bonds is 10. The summed E-state index contributed by atoms with van der Waals surface area (Å²) in [5.74, 6) is 0.198. The van der Waals surface area contributed by atoms with Gasteiger partial charge in [0, 0.05) is 13.1 Å². The molecular formula is C27H31BrN2O3. The lowest BCUT2D eigenvalue weighted by atomic mass is 10.1. The molecule has 33 heavy (non-hydrogen) atoms. The zero-order chi connectivity index (χ0) is 23.8. The molecular weight excluding hydrogens is 480 g/mol. The third-order valence-electron chi connectivity index (χ3n) is 5.61. The predicted octanol–water partition coefficient (Wildman–Crippen LogP) is 5.62. The Kier molecular flexibility index (Phi) is 8.89. The van der Waals surface area contributed by atoms with E-state index in [0.717, 1.165) is 39.2 Å². The van der Waals surface area contributed by atoms with Crippen molar-refractivity contribution >= 4 is 38.5 Å². The first-order chi connectivity index (χ1) is 15.9. The number of carbonyl (C=O) groups excluding carboxylic acids is 2. The SMILES string of the molecule is CCCCNC(=O)[C@@H](C)N(Cc1cccc(C)c1)C(=O)COc1ccc2ccccc2c1Br. The van der Waals surface area contributed by atoms with E-state index in [0.29, 0.717) is 18.8 Å². The molecule has 174 valence electrons. The van der Waals surface area contributed by atoms with Crippen LogP contribution in [0.15, 0.2) is 65.1 Å². The Morgan fingerprint density at radius 1 is 1.09 bits per heavy atom. The van der Waals surface area contributed by atoms with Gasteiger partial charge in [0.05, 0.1) is 4.47 Å². The molecule has 2 amide bonds. The smallest absolute Gasteiger partial charge is 0.261 e. The molecule has 0 aliphatic heterocycles. The standard InChI is InChI=1S/C27H31BrN2O3/c1-4-5-15-29-27(32)20(3)30(17-21-10-8-9-19(2)16-21)25(31)18-33-24-14-13-22-11-6-7-12-23(22)26(24)28/h6-14,16,20H,4-5,15,17-18H2,1-3H3,(H,29,32)/t20-/m1/s1. The minimum Gasteiger partial charge on any atom is -0.483 e. The van der Waals surface area contributed by atoms with Crippen molar-refractivity contribution < 1.29 is 14.3 Å². The number of nitrogens with one attached hydrogen (secondary N) is 1. The highest BCUT2D eigenvalue weighted by molar-refractivity contribution is 9.10. The van der Waals surface area contributed by atoms with Crippen LogP contribution in [0.5, 0.6) is 5.75 Å². The molecule has 0 radical (unpaired) electrons. The number of halogens is 1. The van der Waals surface area contributed by atoms with Gasteiger partial charge >= 0.3 is 0 Å². The van der Waals surface area contributed by atoms with Gasteiger partial charge in [-0.25, -0.2) is 0 Å². The molecule has 0 saturated carbocycles. The number of unbranched alkanes of at least 4 members (excludes halogenated alkanes) is 1. The van der Waals surface area contributed by atoms with Gasteiger partial charge in [-0.2, -0.15) is 0 Å². The zero-order valence-electron chi connectivity index (χ0n) is 19.4. The summed E-state index contributed by atoms with van der Waals surface area (Å²) in [6.07, 6.45) is 1.90. The Bertz CT molecular complexity index is 1120. The van der Waals surface area contributed by atoms with Crippen molar-refractivity contribution in [2.24, 2.45) is 0 Å². The van der Waals surface area contributed by atoms with Crippen LogP contribution in [0.1, 0.15) is 37.8 Å².